The molecule has 3 heterocycles. The zero-order valence-corrected chi connectivity index (χ0v) is 24.0. The molecule has 0 saturated carbocycles. The number of hydrogen-bond acceptors (Lipinski definition) is 7. The van der Waals surface area contributed by atoms with Gasteiger partial charge in [-0.05, 0) is 55.3 Å². The van der Waals surface area contributed by atoms with E-state index in [1.807, 2.05) is 23.1 Å². The topological polar surface area (TPSA) is 77.6 Å². The Kier molecular flexibility index (Phi) is 10.2. The van der Waals surface area contributed by atoms with Crippen LogP contribution in [0.2, 0.25) is 0 Å². The minimum Gasteiger partial charge on any atom is -0.497 e. The number of nitrogens with one attached hydrogen (secondary N) is 1. The van der Waals surface area contributed by atoms with Gasteiger partial charge in [0.25, 0.3) is 5.91 Å². The van der Waals surface area contributed by atoms with Gasteiger partial charge < -0.3 is 24.6 Å². The maximum absolute atomic E-state index is 14.0. The van der Waals surface area contributed by atoms with E-state index in [4.69, 9.17) is 9.47 Å². The van der Waals surface area contributed by atoms with E-state index in [-0.39, 0.29) is 23.7 Å². The highest BCUT2D eigenvalue weighted by molar-refractivity contribution is 5.98. The van der Waals surface area contributed by atoms with E-state index >= 15 is 0 Å². The second-order valence-electron chi connectivity index (χ2n) is 11.1. The molecule has 2 unspecified atom stereocenters. The number of morpholine rings is 1. The smallest absolute Gasteiger partial charge is 0.254 e. The number of methoxy groups -OCH3 is 1. The van der Waals surface area contributed by atoms with Crippen LogP contribution >= 0.6 is 0 Å². The van der Waals surface area contributed by atoms with Crippen LogP contribution in [0.4, 0.5) is 4.39 Å². The molecule has 2 amide bonds. The van der Waals surface area contributed by atoms with Crippen molar-refractivity contribution < 1.29 is 23.5 Å². The Hall–Kier alpha value is -3.05. The summed E-state index contributed by atoms with van der Waals surface area (Å²) >= 11 is 0. The number of ether oxygens (including phenoxy) is 2. The highest BCUT2D eigenvalue weighted by Gasteiger charge is 2.43. The zero-order valence-electron chi connectivity index (χ0n) is 24.0. The molecule has 41 heavy (non-hydrogen) atoms. The number of benzene rings is 2. The van der Waals surface area contributed by atoms with Crippen molar-refractivity contribution >= 4 is 11.8 Å². The Bertz CT molecular complexity index is 1150. The van der Waals surface area contributed by atoms with E-state index in [1.165, 1.54) is 12.1 Å². The van der Waals surface area contributed by atoms with Crippen molar-refractivity contribution in [3.05, 3.63) is 65.5 Å². The third-order valence-electron chi connectivity index (χ3n) is 8.42. The van der Waals surface area contributed by atoms with Gasteiger partial charge in [0.1, 0.15) is 17.6 Å². The van der Waals surface area contributed by atoms with Crippen LogP contribution < -0.4 is 10.1 Å². The number of rotatable bonds is 9. The van der Waals surface area contributed by atoms with Gasteiger partial charge in [0, 0.05) is 70.5 Å². The van der Waals surface area contributed by atoms with Gasteiger partial charge in [-0.2, -0.15) is 0 Å². The zero-order chi connectivity index (χ0) is 28.6. The van der Waals surface area contributed by atoms with E-state index < -0.39 is 6.04 Å². The Morgan fingerprint density at radius 1 is 1.07 bits per heavy atom. The van der Waals surface area contributed by atoms with Crippen LogP contribution in [0, 0.1) is 5.82 Å². The number of hydrogen-bond donors (Lipinski definition) is 1. The van der Waals surface area contributed by atoms with Crippen molar-refractivity contribution in [2.75, 3.05) is 79.2 Å². The summed E-state index contributed by atoms with van der Waals surface area (Å²) < 4.78 is 24.6. The van der Waals surface area contributed by atoms with Gasteiger partial charge in [0.2, 0.25) is 5.91 Å². The van der Waals surface area contributed by atoms with Gasteiger partial charge in [-0.3, -0.25) is 19.4 Å². The molecule has 1 N–H and O–H groups in total. The van der Waals surface area contributed by atoms with Crippen molar-refractivity contribution in [2.24, 2.45) is 0 Å². The average Bonchev–Trinajstić information content (AvgIpc) is 3.27. The molecule has 9 nitrogen and oxygen atoms in total. The summed E-state index contributed by atoms with van der Waals surface area (Å²) in [7, 11) is 1.58. The second kappa shape index (κ2) is 14.2. The number of halogens is 1. The third-order valence-corrected chi connectivity index (χ3v) is 8.42. The highest BCUT2D eigenvalue weighted by Crippen LogP contribution is 2.28. The highest BCUT2D eigenvalue weighted by atomic mass is 19.1. The first-order chi connectivity index (χ1) is 20.0. The van der Waals surface area contributed by atoms with Crippen LogP contribution in [0.3, 0.4) is 0 Å². The van der Waals surface area contributed by atoms with Gasteiger partial charge in [0.05, 0.1) is 20.3 Å². The second-order valence-corrected chi connectivity index (χ2v) is 11.1. The molecule has 0 bridgehead atoms. The normalized spacial score (nSPS) is 22.1. The van der Waals surface area contributed by atoms with Crippen molar-refractivity contribution in [1.29, 1.82) is 0 Å². The predicted molar refractivity (Wildman–Crippen MR) is 154 cm³/mol. The molecule has 2 atom stereocenters. The summed E-state index contributed by atoms with van der Waals surface area (Å²) in [5.41, 5.74) is 1.52. The molecule has 3 aliphatic heterocycles. The fraction of sp³-hybridized carbons (Fsp3) is 0.548. The lowest BCUT2D eigenvalue weighted by Crippen LogP contribution is -2.48. The molecule has 3 aliphatic rings. The Morgan fingerprint density at radius 3 is 2.66 bits per heavy atom. The molecule has 222 valence electrons. The van der Waals surface area contributed by atoms with Crippen molar-refractivity contribution in [1.82, 2.24) is 24.9 Å². The van der Waals surface area contributed by atoms with Crippen molar-refractivity contribution in [3.63, 3.8) is 0 Å². The van der Waals surface area contributed by atoms with Gasteiger partial charge in [-0.15, -0.1) is 0 Å². The Balaban J connectivity index is 1.40. The standard InChI is InChI=1S/C31H42FN5O4/c1-40-28-5-2-4-25(20-28)30(38)37-23-27(21-29(37)31(39)35-12-3-10-33-11-13-35)36(15-14-34-16-18-41-19-17-34)22-24-6-8-26(32)9-7-24/h2,4-9,20,27,29,33H,3,10-19,21-23H2,1H3. The number of carbonyl (C=O) groups is 2. The van der Waals surface area contributed by atoms with Gasteiger partial charge in [0.15, 0.2) is 0 Å². The predicted octanol–water partition coefficient (Wildman–Crippen LogP) is 2.07. The molecule has 5 rings (SSSR count). The van der Waals surface area contributed by atoms with Crippen LogP contribution in [-0.4, -0.2) is 123 Å². The lowest BCUT2D eigenvalue weighted by atomic mass is 10.1. The maximum Gasteiger partial charge on any atom is 0.254 e. The summed E-state index contributed by atoms with van der Waals surface area (Å²) in [6.07, 6.45) is 1.45. The van der Waals surface area contributed by atoms with E-state index in [2.05, 4.69) is 15.1 Å². The third kappa shape index (κ3) is 7.62. The van der Waals surface area contributed by atoms with Crippen molar-refractivity contribution in [3.8, 4) is 5.75 Å². The van der Waals surface area contributed by atoms with Crippen molar-refractivity contribution in [2.45, 2.75) is 31.5 Å². The fourth-order valence-corrected chi connectivity index (χ4v) is 6.05. The lowest BCUT2D eigenvalue weighted by molar-refractivity contribution is -0.135. The van der Waals surface area contributed by atoms with Gasteiger partial charge in [-0.25, -0.2) is 4.39 Å². The van der Waals surface area contributed by atoms with E-state index in [0.717, 1.165) is 64.5 Å². The van der Waals surface area contributed by atoms with Crippen LogP contribution in [-0.2, 0) is 16.1 Å². The summed E-state index contributed by atoms with van der Waals surface area (Å²) in [6.45, 7) is 8.89. The average molecular weight is 568 g/mol. The molecule has 3 fully saturated rings. The molecule has 2 aromatic carbocycles. The lowest BCUT2D eigenvalue weighted by Gasteiger charge is -2.33. The summed E-state index contributed by atoms with van der Waals surface area (Å²) in [4.78, 5) is 36.4. The fourth-order valence-electron chi connectivity index (χ4n) is 6.05. The first kappa shape index (κ1) is 29.4. The first-order valence-electron chi connectivity index (χ1n) is 14.7. The van der Waals surface area contributed by atoms with E-state index in [1.54, 1.807) is 30.2 Å². The molecule has 3 saturated heterocycles. The van der Waals surface area contributed by atoms with Gasteiger partial charge >= 0.3 is 0 Å². The van der Waals surface area contributed by atoms with Crippen LogP contribution in [0.25, 0.3) is 0 Å². The minimum atomic E-state index is -0.545. The Morgan fingerprint density at radius 2 is 1.88 bits per heavy atom. The summed E-state index contributed by atoms with van der Waals surface area (Å²) in [5.74, 6) is 0.202. The summed E-state index contributed by atoms with van der Waals surface area (Å²) in [6, 6.07) is 13.2. The minimum absolute atomic E-state index is 0.0161. The van der Waals surface area contributed by atoms with Crippen LogP contribution in [0.1, 0.15) is 28.8 Å². The first-order valence-corrected chi connectivity index (χ1v) is 14.7. The Labute approximate surface area is 242 Å². The molecule has 0 aliphatic carbocycles. The monoisotopic (exact) mass is 567 g/mol. The number of amides is 2. The maximum atomic E-state index is 14.0. The molecule has 0 spiro atoms. The van der Waals surface area contributed by atoms with E-state index in [0.29, 0.717) is 43.9 Å². The van der Waals surface area contributed by atoms with E-state index in [9.17, 15) is 14.0 Å². The van der Waals surface area contributed by atoms with Crippen LogP contribution in [0.5, 0.6) is 5.75 Å². The summed E-state index contributed by atoms with van der Waals surface area (Å²) in [5, 5.41) is 3.36. The van der Waals surface area contributed by atoms with Gasteiger partial charge in [-0.1, -0.05) is 18.2 Å². The molecular weight excluding hydrogens is 525 g/mol. The SMILES string of the molecule is COc1cccc(C(=O)N2CC(N(CCN3CCOCC3)Cc3ccc(F)cc3)CC2C(=O)N2CCCNCC2)c1. The molecule has 0 aromatic heterocycles. The molecule has 2 aromatic rings. The molecule has 10 heteroatoms. The van der Waals surface area contributed by atoms with Crippen LogP contribution in [0.15, 0.2) is 48.5 Å². The largest absolute Gasteiger partial charge is 0.497 e. The number of carbonyl (C=O) groups excluding carboxylic acids is 2. The number of likely N-dealkylation sites (tertiary alicyclic amines) is 1. The quantitative estimate of drug-likeness (QED) is 0.497. The molecular formula is C31H42FN5O4. The number of nitrogens with zero attached hydrogens (tertiary/aromatic N) is 4. The molecule has 0 radical (unpaired) electrons.